The van der Waals surface area contributed by atoms with Crippen LogP contribution in [0.25, 0.3) is 0 Å². The maximum Gasteiger partial charge on any atom is 0.303 e. The molecule has 84 valence electrons. The topological polar surface area (TPSA) is 43.4 Å². The fourth-order valence-electron chi connectivity index (χ4n) is 6.66. The molecule has 0 amide bonds. The molecule has 16 heavy (non-hydrogen) atoms. The van der Waals surface area contributed by atoms with Gasteiger partial charge in [-0.25, -0.2) is 0 Å². The number of esters is 1. The van der Waals surface area contributed by atoms with Crippen LogP contribution < -0.4 is 0 Å². The Morgan fingerprint density at radius 1 is 1.38 bits per heavy atom. The molecule has 6 fully saturated rings. The van der Waals surface area contributed by atoms with Crippen LogP contribution in [0.1, 0.15) is 19.8 Å². The third-order valence-electron chi connectivity index (χ3n) is 6.39. The molecule has 3 nitrogen and oxygen atoms in total. The molecule has 3 heteroatoms. The first kappa shape index (κ1) is 8.26. The van der Waals surface area contributed by atoms with Crippen LogP contribution in [0.2, 0.25) is 0 Å². The number of hydrogen-bond acceptors (Lipinski definition) is 3. The molecule has 6 saturated carbocycles. The van der Waals surface area contributed by atoms with Crippen LogP contribution in [-0.2, 0) is 14.3 Å². The number of carbonyl (C=O) groups is 2. The van der Waals surface area contributed by atoms with Gasteiger partial charge in [0.1, 0.15) is 11.4 Å². The van der Waals surface area contributed by atoms with Crippen molar-refractivity contribution in [1.29, 1.82) is 0 Å². The van der Waals surface area contributed by atoms with E-state index in [-0.39, 0.29) is 23.4 Å². The summed E-state index contributed by atoms with van der Waals surface area (Å²) in [6.07, 6.45) is 2.24. The number of carbonyl (C=O) groups excluding carboxylic acids is 2. The van der Waals surface area contributed by atoms with E-state index in [1.807, 2.05) is 0 Å². The second kappa shape index (κ2) is 1.98. The van der Waals surface area contributed by atoms with Gasteiger partial charge in [-0.2, -0.15) is 0 Å². The van der Waals surface area contributed by atoms with Crippen LogP contribution in [0, 0.1) is 41.4 Å². The Labute approximate surface area is 93.5 Å². The molecular formula is C13H14O3. The summed E-state index contributed by atoms with van der Waals surface area (Å²) >= 11 is 0. The van der Waals surface area contributed by atoms with Crippen molar-refractivity contribution >= 4 is 11.8 Å². The molecule has 0 unspecified atom stereocenters. The molecule has 0 radical (unpaired) electrons. The molecule has 0 spiro atoms. The predicted octanol–water partition coefficient (Wildman–Crippen LogP) is 1.02. The first-order valence-electron chi connectivity index (χ1n) is 6.38. The summed E-state index contributed by atoms with van der Waals surface area (Å²) in [5.41, 5.74) is -0.333. The highest BCUT2D eigenvalue weighted by atomic mass is 16.6. The quantitative estimate of drug-likeness (QED) is 0.617. The fourth-order valence-corrected chi connectivity index (χ4v) is 6.66. The van der Waals surface area contributed by atoms with Crippen LogP contribution in [0.3, 0.4) is 0 Å². The minimum Gasteiger partial charge on any atom is -0.458 e. The lowest BCUT2D eigenvalue weighted by molar-refractivity contribution is -0.168. The van der Waals surface area contributed by atoms with E-state index in [9.17, 15) is 9.59 Å². The number of Topliss-reactive ketones (excluding diaryl/α,β-unsaturated/α-hetero) is 1. The first-order chi connectivity index (χ1) is 7.65. The van der Waals surface area contributed by atoms with E-state index < -0.39 is 0 Å². The Hall–Kier alpha value is -0.860. The van der Waals surface area contributed by atoms with Gasteiger partial charge in [-0.1, -0.05) is 0 Å². The van der Waals surface area contributed by atoms with E-state index in [0.29, 0.717) is 35.4 Å². The van der Waals surface area contributed by atoms with E-state index in [1.54, 1.807) is 0 Å². The Bertz CT molecular complexity index is 456. The predicted molar refractivity (Wildman–Crippen MR) is 53.2 cm³/mol. The van der Waals surface area contributed by atoms with Crippen molar-refractivity contribution in [2.24, 2.45) is 41.4 Å². The monoisotopic (exact) mass is 218 g/mol. The molecule has 0 aromatic carbocycles. The summed E-state index contributed by atoms with van der Waals surface area (Å²) in [6.45, 7) is 1.49. The zero-order chi connectivity index (χ0) is 10.8. The van der Waals surface area contributed by atoms with Crippen molar-refractivity contribution in [3.05, 3.63) is 0 Å². The minimum atomic E-state index is -0.333. The van der Waals surface area contributed by atoms with Gasteiger partial charge in [-0.3, -0.25) is 9.59 Å². The van der Waals surface area contributed by atoms with Gasteiger partial charge in [-0.05, 0) is 36.5 Å². The molecule has 0 aromatic heterocycles. The fraction of sp³-hybridized carbons (Fsp3) is 0.846. The van der Waals surface area contributed by atoms with Crippen molar-refractivity contribution in [3.8, 4) is 0 Å². The molecule has 0 aliphatic heterocycles. The molecule has 8 atom stereocenters. The highest BCUT2D eigenvalue weighted by molar-refractivity contribution is 5.94. The second-order valence-corrected chi connectivity index (χ2v) is 6.49. The SMILES string of the molecule is CC(=O)O[C@@]12C[C@H]3[C@H]4C[C@H]5[C@@H](C(=O)[C@H]1[C@@H]35)[C@H]42. The van der Waals surface area contributed by atoms with E-state index in [1.165, 1.54) is 13.3 Å². The average Bonchev–Trinajstić information content (AvgIpc) is 2.84. The minimum absolute atomic E-state index is 0.0974. The van der Waals surface area contributed by atoms with Crippen LogP contribution in [0.4, 0.5) is 0 Å². The molecule has 0 N–H and O–H groups in total. The van der Waals surface area contributed by atoms with Gasteiger partial charge in [0, 0.05) is 18.8 Å². The van der Waals surface area contributed by atoms with Crippen LogP contribution in [0.15, 0.2) is 0 Å². The van der Waals surface area contributed by atoms with Crippen LogP contribution >= 0.6 is 0 Å². The highest BCUT2D eigenvalue weighted by Gasteiger charge is 2.88. The maximum atomic E-state index is 12.3. The van der Waals surface area contributed by atoms with Crippen molar-refractivity contribution < 1.29 is 14.3 Å². The van der Waals surface area contributed by atoms with Crippen molar-refractivity contribution in [2.45, 2.75) is 25.4 Å². The van der Waals surface area contributed by atoms with E-state index in [2.05, 4.69) is 0 Å². The maximum absolute atomic E-state index is 12.3. The normalized spacial score (nSPS) is 66.6. The summed E-state index contributed by atoms with van der Waals surface area (Å²) in [5, 5.41) is 0. The summed E-state index contributed by atoms with van der Waals surface area (Å²) in [5.74, 6) is 3.72. The molecule has 0 aromatic rings. The first-order valence-corrected chi connectivity index (χ1v) is 6.38. The number of ether oxygens (including phenoxy) is 1. The number of rotatable bonds is 1. The number of hydrogen-bond donors (Lipinski definition) is 0. The van der Waals surface area contributed by atoms with E-state index in [4.69, 9.17) is 4.74 Å². The zero-order valence-electron chi connectivity index (χ0n) is 9.18. The molecular weight excluding hydrogens is 204 g/mol. The Morgan fingerprint density at radius 3 is 2.94 bits per heavy atom. The van der Waals surface area contributed by atoms with Crippen LogP contribution in [0.5, 0.6) is 0 Å². The Balaban J connectivity index is 1.74. The van der Waals surface area contributed by atoms with E-state index >= 15 is 0 Å². The molecule has 6 bridgehead atoms. The number of ketones is 1. The molecule has 6 aliphatic carbocycles. The Kier molecular flexibility index (Phi) is 1.02. The smallest absolute Gasteiger partial charge is 0.303 e. The van der Waals surface area contributed by atoms with Gasteiger partial charge in [0.05, 0.1) is 5.92 Å². The average molecular weight is 218 g/mol. The van der Waals surface area contributed by atoms with Gasteiger partial charge < -0.3 is 4.74 Å². The van der Waals surface area contributed by atoms with Gasteiger partial charge in [0.2, 0.25) is 0 Å². The van der Waals surface area contributed by atoms with Crippen molar-refractivity contribution in [1.82, 2.24) is 0 Å². The van der Waals surface area contributed by atoms with Gasteiger partial charge in [-0.15, -0.1) is 0 Å². The largest absolute Gasteiger partial charge is 0.458 e. The lowest BCUT2D eigenvalue weighted by atomic mass is 9.69. The van der Waals surface area contributed by atoms with Gasteiger partial charge in [0.25, 0.3) is 0 Å². The third kappa shape index (κ3) is 0.518. The summed E-state index contributed by atoms with van der Waals surface area (Å²) < 4.78 is 5.69. The third-order valence-corrected chi connectivity index (χ3v) is 6.39. The lowest BCUT2D eigenvalue weighted by Gasteiger charge is -2.40. The lowest BCUT2D eigenvalue weighted by Crippen LogP contribution is -2.46. The zero-order valence-corrected chi connectivity index (χ0v) is 9.18. The van der Waals surface area contributed by atoms with Crippen molar-refractivity contribution in [3.63, 3.8) is 0 Å². The van der Waals surface area contributed by atoms with Gasteiger partial charge in [0.15, 0.2) is 0 Å². The molecule has 0 heterocycles. The Morgan fingerprint density at radius 2 is 2.19 bits per heavy atom. The summed E-state index contributed by atoms with van der Waals surface area (Å²) in [4.78, 5) is 23.6. The van der Waals surface area contributed by atoms with E-state index in [0.717, 1.165) is 6.42 Å². The molecule has 6 aliphatic rings. The summed E-state index contributed by atoms with van der Waals surface area (Å²) in [7, 11) is 0. The highest BCUT2D eigenvalue weighted by Crippen LogP contribution is 2.83. The summed E-state index contributed by atoms with van der Waals surface area (Å²) in [6, 6.07) is 0. The van der Waals surface area contributed by atoms with Crippen LogP contribution in [-0.4, -0.2) is 17.4 Å². The standard InChI is InChI=1S/C13H14O3/c1-4(14)16-13-3-7-5-2-6-8(7)11(13)12(15)9(6)10(5)13/h5-11H,2-3H2,1H3/t5-,6-,7+,8-,9-,10+,11-,13-/m1/s1. The molecule has 6 rings (SSSR count). The van der Waals surface area contributed by atoms with Gasteiger partial charge >= 0.3 is 5.97 Å². The van der Waals surface area contributed by atoms with Crippen molar-refractivity contribution in [2.75, 3.05) is 0 Å². The second-order valence-electron chi connectivity index (χ2n) is 6.49. The molecule has 0 saturated heterocycles.